The zero-order valence-corrected chi connectivity index (χ0v) is 9.64. The van der Waals surface area contributed by atoms with E-state index in [0.717, 1.165) is 5.69 Å². The Kier molecular flexibility index (Phi) is 2.97. The number of hydrogen-bond donors (Lipinski definition) is 0. The third-order valence-electron chi connectivity index (χ3n) is 2.93. The molecule has 0 saturated carbocycles. The number of Topliss-reactive ketones (excluding diaryl/α,β-unsaturated/α-hetero) is 1. The van der Waals surface area contributed by atoms with Crippen LogP contribution >= 0.6 is 0 Å². The Morgan fingerprint density at radius 2 is 2.29 bits per heavy atom. The van der Waals surface area contributed by atoms with Gasteiger partial charge in [-0.25, -0.2) is 0 Å². The van der Waals surface area contributed by atoms with Gasteiger partial charge in [0.2, 0.25) is 5.91 Å². The highest BCUT2D eigenvalue weighted by Gasteiger charge is 2.29. The fraction of sp³-hybridized carbons (Fsp3) is 0.286. The van der Waals surface area contributed by atoms with Crippen LogP contribution < -0.4 is 4.90 Å². The number of ketones is 1. The zero-order chi connectivity index (χ0) is 12.4. The van der Waals surface area contributed by atoms with Crippen LogP contribution in [0.5, 0.6) is 0 Å². The molecule has 1 aliphatic heterocycles. The minimum absolute atomic E-state index is 0.00741. The lowest BCUT2D eigenvalue weighted by atomic mass is 10.1. The van der Waals surface area contributed by atoms with Crippen molar-refractivity contribution < 1.29 is 9.59 Å². The van der Waals surface area contributed by atoms with Crippen LogP contribution in [0.1, 0.15) is 23.7 Å². The maximum absolute atomic E-state index is 11.8. The van der Waals surface area contributed by atoms with Crippen LogP contribution in [-0.2, 0) is 4.79 Å². The summed E-state index contributed by atoms with van der Waals surface area (Å²) in [4.78, 5) is 24.7. The SMILES string of the molecule is C#CC1CC(=O)N(c2cccc(C(C)=O)c2)C1. The molecule has 3 heteroatoms. The van der Waals surface area contributed by atoms with Gasteiger partial charge in [-0.05, 0) is 19.1 Å². The van der Waals surface area contributed by atoms with Gasteiger partial charge in [0, 0.05) is 30.1 Å². The van der Waals surface area contributed by atoms with Gasteiger partial charge in [-0.3, -0.25) is 9.59 Å². The van der Waals surface area contributed by atoms with Crippen LogP contribution in [0.25, 0.3) is 0 Å². The smallest absolute Gasteiger partial charge is 0.228 e. The van der Waals surface area contributed by atoms with Crippen molar-refractivity contribution in [3.05, 3.63) is 29.8 Å². The molecule has 1 amide bonds. The summed E-state index contributed by atoms with van der Waals surface area (Å²) in [5.41, 5.74) is 1.36. The highest BCUT2D eigenvalue weighted by atomic mass is 16.2. The second-order valence-corrected chi connectivity index (χ2v) is 4.18. The van der Waals surface area contributed by atoms with E-state index in [9.17, 15) is 9.59 Å². The van der Waals surface area contributed by atoms with Crippen molar-refractivity contribution in [3.8, 4) is 12.3 Å². The molecule has 0 aliphatic carbocycles. The van der Waals surface area contributed by atoms with E-state index in [1.807, 2.05) is 6.07 Å². The quantitative estimate of drug-likeness (QED) is 0.571. The molecule has 86 valence electrons. The number of amides is 1. The first-order chi connectivity index (χ1) is 8.11. The number of carbonyl (C=O) groups excluding carboxylic acids is 2. The van der Waals surface area contributed by atoms with E-state index in [1.54, 1.807) is 23.1 Å². The van der Waals surface area contributed by atoms with E-state index in [0.29, 0.717) is 18.5 Å². The summed E-state index contributed by atoms with van der Waals surface area (Å²) < 4.78 is 0. The Balaban J connectivity index is 2.29. The largest absolute Gasteiger partial charge is 0.311 e. The molecule has 1 unspecified atom stereocenters. The summed E-state index contributed by atoms with van der Waals surface area (Å²) >= 11 is 0. The molecule has 0 aromatic heterocycles. The van der Waals surface area contributed by atoms with Gasteiger partial charge in [-0.1, -0.05) is 12.1 Å². The van der Waals surface area contributed by atoms with Crippen LogP contribution in [0.2, 0.25) is 0 Å². The molecule has 0 spiro atoms. The number of terminal acetylenes is 1. The van der Waals surface area contributed by atoms with Gasteiger partial charge in [0.1, 0.15) is 0 Å². The van der Waals surface area contributed by atoms with E-state index in [-0.39, 0.29) is 17.6 Å². The van der Waals surface area contributed by atoms with E-state index >= 15 is 0 Å². The predicted octanol–water partition coefficient (Wildman–Crippen LogP) is 1.88. The highest BCUT2D eigenvalue weighted by Crippen LogP contribution is 2.25. The van der Waals surface area contributed by atoms with Crippen molar-refractivity contribution in [1.82, 2.24) is 0 Å². The predicted molar refractivity (Wildman–Crippen MR) is 65.7 cm³/mol. The number of benzene rings is 1. The molecule has 1 atom stereocenters. The molecule has 0 N–H and O–H groups in total. The number of carbonyl (C=O) groups is 2. The molecule has 1 aromatic carbocycles. The molecular weight excluding hydrogens is 214 g/mol. The van der Waals surface area contributed by atoms with Crippen LogP contribution in [0, 0.1) is 18.3 Å². The fourth-order valence-corrected chi connectivity index (χ4v) is 1.96. The molecular formula is C14H13NO2. The lowest BCUT2D eigenvalue weighted by Gasteiger charge is -2.16. The third kappa shape index (κ3) is 2.21. The summed E-state index contributed by atoms with van der Waals surface area (Å²) in [5.74, 6) is 2.59. The van der Waals surface area contributed by atoms with Crippen molar-refractivity contribution in [2.75, 3.05) is 11.4 Å². The van der Waals surface area contributed by atoms with E-state index in [4.69, 9.17) is 6.42 Å². The summed E-state index contributed by atoms with van der Waals surface area (Å²) in [6.45, 7) is 2.05. The first kappa shape index (κ1) is 11.4. The molecule has 0 bridgehead atoms. The van der Waals surface area contributed by atoms with Crippen LogP contribution in [0.3, 0.4) is 0 Å². The number of nitrogens with zero attached hydrogens (tertiary/aromatic N) is 1. The monoisotopic (exact) mass is 227 g/mol. The molecule has 1 aromatic rings. The van der Waals surface area contributed by atoms with Gasteiger partial charge < -0.3 is 4.90 Å². The Morgan fingerprint density at radius 3 is 2.88 bits per heavy atom. The molecule has 0 radical (unpaired) electrons. The molecule has 2 rings (SSSR count). The minimum Gasteiger partial charge on any atom is -0.311 e. The molecule has 1 saturated heterocycles. The van der Waals surface area contributed by atoms with Crippen molar-refractivity contribution in [3.63, 3.8) is 0 Å². The zero-order valence-electron chi connectivity index (χ0n) is 9.64. The van der Waals surface area contributed by atoms with Gasteiger partial charge in [0.15, 0.2) is 5.78 Å². The molecule has 1 fully saturated rings. The standard InChI is InChI=1S/C14H13NO2/c1-3-11-7-14(17)15(9-11)13-6-4-5-12(8-13)10(2)16/h1,4-6,8,11H,7,9H2,2H3. The minimum atomic E-state index is -0.0246. The first-order valence-electron chi connectivity index (χ1n) is 5.49. The van der Waals surface area contributed by atoms with Gasteiger partial charge in [0.05, 0.1) is 0 Å². The maximum Gasteiger partial charge on any atom is 0.228 e. The molecule has 3 nitrogen and oxygen atoms in total. The van der Waals surface area contributed by atoms with Gasteiger partial charge in [-0.15, -0.1) is 12.3 Å². The van der Waals surface area contributed by atoms with Gasteiger partial charge in [0.25, 0.3) is 0 Å². The number of hydrogen-bond acceptors (Lipinski definition) is 2. The normalized spacial score (nSPS) is 19.2. The lowest BCUT2D eigenvalue weighted by molar-refractivity contribution is -0.117. The van der Waals surface area contributed by atoms with Crippen LogP contribution in [0.4, 0.5) is 5.69 Å². The Bertz CT molecular complexity index is 513. The Hall–Kier alpha value is -2.08. The Labute approximate surface area is 100 Å². The second kappa shape index (κ2) is 4.42. The van der Waals surface area contributed by atoms with Crippen molar-refractivity contribution in [2.45, 2.75) is 13.3 Å². The molecule has 17 heavy (non-hydrogen) atoms. The third-order valence-corrected chi connectivity index (χ3v) is 2.93. The van der Waals surface area contributed by atoms with Gasteiger partial charge >= 0.3 is 0 Å². The lowest BCUT2D eigenvalue weighted by Crippen LogP contribution is -2.24. The Morgan fingerprint density at radius 1 is 1.53 bits per heavy atom. The van der Waals surface area contributed by atoms with Crippen LogP contribution in [0.15, 0.2) is 24.3 Å². The van der Waals surface area contributed by atoms with Crippen molar-refractivity contribution >= 4 is 17.4 Å². The second-order valence-electron chi connectivity index (χ2n) is 4.18. The van der Waals surface area contributed by atoms with E-state index in [1.165, 1.54) is 6.92 Å². The van der Waals surface area contributed by atoms with E-state index in [2.05, 4.69) is 5.92 Å². The molecule has 1 aliphatic rings. The van der Waals surface area contributed by atoms with E-state index < -0.39 is 0 Å². The topological polar surface area (TPSA) is 37.4 Å². The average Bonchev–Trinajstić information content (AvgIpc) is 2.71. The summed E-state index contributed by atoms with van der Waals surface area (Å²) in [5, 5.41) is 0. The maximum atomic E-state index is 11.8. The number of rotatable bonds is 2. The summed E-state index contributed by atoms with van der Waals surface area (Å²) in [6.07, 6.45) is 5.72. The summed E-state index contributed by atoms with van der Waals surface area (Å²) in [6, 6.07) is 7.08. The summed E-state index contributed by atoms with van der Waals surface area (Å²) in [7, 11) is 0. The average molecular weight is 227 g/mol. The number of anilines is 1. The van der Waals surface area contributed by atoms with Gasteiger partial charge in [-0.2, -0.15) is 0 Å². The first-order valence-corrected chi connectivity index (χ1v) is 5.49. The highest BCUT2D eigenvalue weighted by molar-refractivity contribution is 5.99. The van der Waals surface area contributed by atoms with Crippen LogP contribution in [-0.4, -0.2) is 18.2 Å². The molecule has 1 heterocycles. The fourth-order valence-electron chi connectivity index (χ4n) is 1.96. The van der Waals surface area contributed by atoms with Crippen molar-refractivity contribution in [1.29, 1.82) is 0 Å². The van der Waals surface area contributed by atoms with Crippen molar-refractivity contribution in [2.24, 2.45) is 5.92 Å².